The van der Waals surface area contributed by atoms with Gasteiger partial charge in [0.2, 0.25) is 0 Å². The van der Waals surface area contributed by atoms with Crippen LogP contribution in [-0.2, 0) is 11.3 Å². The average Bonchev–Trinajstić information content (AvgIpc) is 2.67. The minimum absolute atomic E-state index is 0.0994. The molecule has 94 valence electrons. The van der Waals surface area contributed by atoms with Crippen LogP contribution in [0.2, 0.25) is 0 Å². The molecule has 1 aliphatic rings. The summed E-state index contributed by atoms with van der Waals surface area (Å²) in [4.78, 5) is 17.2. The predicted molar refractivity (Wildman–Crippen MR) is 65.0 cm³/mol. The topological polar surface area (TPSA) is 66.6 Å². The van der Waals surface area contributed by atoms with Gasteiger partial charge in [0.1, 0.15) is 5.76 Å². The van der Waals surface area contributed by atoms with Crippen molar-refractivity contribution in [2.75, 3.05) is 18.1 Å². The molecule has 2 heterocycles. The van der Waals surface area contributed by atoms with Gasteiger partial charge in [-0.15, -0.1) is 0 Å². The second kappa shape index (κ2) is 5.55. The van der Waals surface area contributed by atoms with E-state index >= 15 is 0 Å². The molecule has 1 N–H and O–H groups in total. The highest BCUT2D eigenvalue weighted by molar-refractivity contribution is 7.99. The molecule has 0 aromatic carbocycles. The Kier molecular flexibility index (Phi) is 4.06. The van der Waals surface area contributed by atoms with Crippen LogP contribution < -0.4 is 0 Å². The number of carboxylic acids is 1. The van der Waals surface area contributed by atoms with Gasteiger partial charge < -0.3 is 9.52 Å². The second-order valence-corrected chi connectivity index (χ2v) is 5.30. The van der Waals surface area contributed by atoms with Crippen molar-refractivity contribution < 1.29 is 14.3 Å². The lowest BCUT2D eigenvalue weighted by molar-refractivity contribution is -0.138. The number of rotatable bonds is 4. The first kappa shape index (κ1) is 12.4. The Morgan fingerprint density at radius 1 is 1.76 bits per heavy atom. The molecule has 2 rings (SSSR count). The minimum atomic E-state index is -0.737. The lowest BCUT2D eigenvalue weighted by atomic mass is 10.2. The summed E-state index contributed by atoms with van der Waals surface area (Å²) in [7, 11) is 0. The van der Waals surface area contributed by atoms with Crippen molar-refractivity contribution >= 4 is 17.7 Å². The maximum absolute atomic E-state index is 10.8. The molecule has 1 fully saturated rings. The summed E-state index contributed by atoms with van der Waals surface area (Å²) in [5, 5.41) is 8.89. The molecule has 5 nitrogen and oxygen atoms in total. The van der Waals surface area contributed by atoms with Crippen molar-refractivity contribution in [1.29, 1.82) is 0 Å². The van der Waals surface area contributed by atoms with Gasteiger partial charge in [-0.1, -0.05) is 0 Å². The average molecular weight is 256 g/mol. The van der Waals surface area contributed by atoms with E-state index in [-0.39, 0.29) is 12.5 Å². The van der Waals surface area contributed by atoms with E-state index in [4.69, 9.17) is 9.52 Å². The summed E-state index contributed by atoms with van der Waals surface area (Å²) in [5.74, 6) is 2.01. The number of aromatic nitrogens is 1. The number of aliphatic carboxylic acids is 1. The van der Waals surface area contributed by atoms with Gasteiger partial charge in [0, 0.05) is 30.6 Å². The number of aryl methyl sites for hydroxylation is 1. The van der Waals surface area contributed by atoms with E-state index < -0.39 is 5.97 Å². The van der Waals surface area contributed by atoms with Crippen LogP contribution in [-0.4, -0.2) is 45.1 Å². The van der Waals surface area contributed by atoms with Gasteiger partial charge in [-0.25, -0.2) is 4.98 Å². The fourth-order valence-electron chi connectivity index (χ4n) is 1.96. The monoisotopic (exact) mass is 256 g/mol. The van der Waals surface area contributed by atoms with Crippen LogP contribution in [0.25, 0.3) is 0 Å². The molecule has 1 atom stereocenters. The zero-order chi connectivity index (χ0) is 12.3. The summed E-state index contributed by atoms with van der Waals surface area (Å²) in [5.41, 5.74) is 0.910. The van der Waals surface area contributed by atoms with E-state index in [9.17, 15) is 4.79 Å². The van der Waals surface area contributed by atoms with Crippen LogP contribution in [0.3, 0.4) is 0 Å². The predicted octanol–water partition coefficient (Wildman–Crippen LogP) is 1.38. The largest absolute Gasteiger partial charge is 0.481 e. The lowest BCUT2D eigenvalue weighted by Gasteiger charge is -2.33. The van der Waals surface area contributed by atoms with Gasteiger partial charge in [0.15, 0.2) is 6.39 Å². The van der Waals surface area contributed by atoms with Gasteiger partial charge in [0.25, 0.3) is 0 Å². The van der Waals surface area contributed by atoms with E-state index in [0.717, 1.165) is 29.5 Å². The fraction of sp³-hybridized carbons (Fsp3) is 0.636. The molecule has 0 spiro atoms. The molecule has 6 heteroatoms. The molecular weight excluding hydrogens is 240 g/mol. The Labute approximate surface area is 104 Å². The van der Waals surface area contributed by atoms with E-state index in [1.807, 2.05) is 18.7 Å². The molecule has 1 unspecified atom stereocenters. The first-order valence-corrected chi connectivity index (χ1v) is 6.75. The molecule has 0 saturated carbocycles. The van der Waals surface area contributed by atoms with Crippen LogP contribution in [0, 0.1) is 6.92 Å². The zero-order valence-corrected chi connectivity index (χ0v) is 10.6. The van der Waals surface area contributed by atoms with Crippen LogP contribution >= 0.6 is 11.8 Å². The van der Waals surface area contributed by atoms with Crippen molar-refractivity contribution in [2.24, 2.45) is 0 Å². The summed E-state index contributed by atoms with van der Waals surface area (Å²) in [6.07, 6.45) is 1.64. The number of carbonyl (C=O) groups is 1. The van der Waals surface area contributed by atoms with Crippen LogP contribution in [0.15, 0.2) is 10.8 Å². The molecule has 1 aromatic heterocycles. The molecule has 1 aromatic rings. The van der Waals surface area contributed by atoms with Crippen molar-refractivity contribution in [3.05, 3.63) is 17.8 Å². The van der Waals surface area contributed by atoms with Crippen molar-refractivity contribution in [2.45, 2.75) is 25.9 Å². The quantitative estimate of drug-likeness (QED) is 0.877. The van der Waals surface area contributed by atoms with Crippen LogP contribution in [0.5, 0.6) is 0 Å². The Balaban J connectivity index is 2.01. The third-order valence-corrected chi connectivity index (χ3v) is 4.05. The minimum Gasteiger partial charge on any atom is -0.481 e. The molecule has 0 aliphatic carbocycles. The molecule has 1 aliphatic heterocycles. The van der Waals surface area contributed by atoms with Crippen molar-refractivity contribution in [1.82, 2.24) is 9.88 Å². The number of carboxylic acid groups (broad SMARTS) is 1. The zero-order valence-electron chi connectivity index (χ0n) is 9.76. The normalized spacial score (nSPS) is 21.6. The third kappa shape index (κ3) is 3.23. The SMILES string of the molecule is Cc1ocnc1CN1CCSCC1CC(=O)O. The summed E-state index contributed by atoms with van der Waals surface area (Å²) >= 11 is 1.82. The highest BCUT2D eigenvalue weighted by Crippen LogP contribution is 2.21. The molecule has 17 heavy (non-hydrogen) atoms. The van der Waals surface area contributed by atoms with E-state index in [2.05, 4.69) is 9.88 Å². The molecule has 1 saturated heterocycles. The summed E-state index contributed by atoms with van der Waals surface area (Å²) in [6.45, 7) is 3.48. The second-order valence-electron chi connectivity index (χ2n) is 4.15. The van der Waals surface area contributed by atoms with Crippen LogP contribution in [0.1, 0.15) is 17.9 Å². The lowest BCUT2D eigenvalue weighted by Crippen LogP contribution is -2.43. The summed E-state index contributed by atoms with van der Waals surface area (Å²) in [6, 6.07) is 0.0994. The Morgan fingerprint density at radius 2 is 2.59 bits per heavy atom. The van der Waals surface area contributed by atoms with Gasteiger partial charge >= 0.3 is 5.97 Å². The first-order valence-electron chi connectivity index (χ1n) is 5.59. The van der Waals surface area contributed by atoms with Gasteiger partial charge in [0.05, 0.1) is 12.1 Å². The molecular formula is C11H16N2O3S. The molecule has 0 radical (unpaired) electrons. The van der Waals surface area contributed by atoms with Crippen molar-refractivity contribution in [3.8, 4) is 0 Å². The number of hydrogen-bond donors (Lipinski definition) is 1. The number of thioether (sulfide) groups is 1. The molecule has 0 amide bonds. The highest BCUT2D eigenvalue weighted by Gasteiger charge is 2.26. The van der Waals surface area contributed by atoms with E-state index in [1.165, 1.54) is 6.39 Å². The summed E-state index contributed by atoms with van der Waals surface area (Å²) < 4.78 is 5.16. The number of hydrogen-bond acceptors (Lipinski definition) is 5. The Hall–Kier alpha value is -1.01. The first-order chi connectivity index (χ1) is 8.16. The Bertz CT molecular complexity index is 394. The fourth-order valence-corrected chi connectivity index (χ4v) is 3.09. The maximum atomic E-state index is 10.8. The van der Waals surface area contributed by atoms with E-state index in [1.54, 1.807) is 0 Å². The maximum Gasteiger partial charge on any atom is 0.304 e. The standard InChI is InChI=1S/C11H16N2O3S/c1-8-10(12-7-16-8)5-13-2-3-17-6-9(13)4-11(14)15/h7,9H,2-6H2,1H3,(H,14,15). The number of oxazole rings is 1. The smallest absolute Gasteiger partial charge is 0.304 e. The third-order valence-electron chi connectivity index (χ3n) is 2.96. The highest BCUT2D eigenvalue weighted by atomic mass is 32.2. The van der Waals surface area contributed by atoms with Crippen molar-refractivity contribution in [3.63, 3.8) is 0 Å². The van der Waals surface area contributed by atoms with Gasteiger partial charge in [-0.3, -0.25) is 9.69 Å². The van der Waals surface area contributed by atoms with E-state index in [0.29, 0.717) is 6.54 Å². The Morgan fingerprint density at radius 3 is 3.24 bits per heavy atom. The van der Waals surface area contributed by atoms with Gasteiger partial charge in [-0.05, 0) is 6.92 Å². The van der Waals surface area contributed by atoms with Gasteiger partial charge in [-0.2, -0.15) is 11.8 Å². The van der Waals surface area contributed by atoms with Crippen LogP contribution in [0.4, 0.5) is 0 Å². The number of nitrogens with zero attached hydrogens (tertiary/aromatic N) is 2. The molecule has 0 bridgehead atoms.